The molecule has 2 nitrogen and oxygen atoms in total. The number of aryl methyl sites for hydroxylation is 1. The van der Waals surface area contributed by atoms with Crippen molar-refractivity contribution in [3.8, 4) is 6.07 Å². The highest BCUT2D eigenvalue weighted by molar-refractivity contribution is 5.32. The molecule has 1 atom stereocenters. The normalized spacial score (nSPS) is 12.1. The SMILES string of the molecule is CCc1ccccc1C(N)C#N. The third-order valence-electron chi connectivity index (χ3n) is 1.91. The van der Waals surface area contributed by atoms with Gasteiger partial charge in [-0.2, -0.15) is 5.26 Å². The Hall–Kier alpha value is -1.33. The highest BCUT2D eigenvalue weighted by Gasteiger charge is 2.06. The van der Waals surface area contributed by atoms with Crippen molar-refractivity contribution >= 4 is 0 Å². The number of benzene rings is 1. The van der Waals surface area contributed by atoms with Crippen LogP contribution in [-0.2, 0) is 6.42 Å². The summed E-state index contributed by atoms with van der Waals surface area (Å²) in [5.41, 5.74) is 7.72. The number of nitriles is 1. The van der Waals surface area contributed by atoms with Gasteiger partial charge >= 0.3 is 0 Å². The Kier molecular flexibility index (Phi) is 2.84. The fraction of sp³-hybridized carbons (Fsp3) is 0.300. The fourth-order valence-corrected chi connectivity index (χ4v) is 1.23. The third kappa shape index (κ3) is 1.63. The van der Waals surface area contributed by atoms with E-state index in [9.17, 15) is 0 Å². The molecule has 0 aliphatic carbocycles. The molecular formula is C10H12N2. The highest BCUT2D eigenvalue weighted by atomic mass is 14.6. The van der Waals surface area contributed by atoms with Gasteiger partial charge in [-0.05, 0) is 17.5 Å². The summed E-state index contributed by atoms with van der Waals surface area (Å²) in [6.45, 7) is 2.06. The van der Waals surface area contributed by atoms with Gasteiger partial charge in [0.2, 0.25) is 0 Å². The van der Waals surface area contributed by atoms with E-state index in [4.69, 9.17) is 11.0 Å². The molecule has 0 saturated carbocycles. The van der Waals surface area contributed by atoms with Gasteiger partial charge in [0.05, 0.1) is 6.07 Å². The van der Waals surface area contributed by atoms with Crippen molar-refractivity contribution in [2.75, 3.05) is 0 Å². The summed E-state index contributed by atoms with van der Waals surface area (Å²) in [7, 11) is 0. The summed E-state index contributed by atoms with van der Waals surface area (Å²) in [4.78, 5) is 0. The minimum atomic E-state index is -0.485. The van der Waals surface area contributed by atoms with E-state index in [1.165, 1.54) is 0 Å². The Morgan fingerprint density at radius 1 is 1.50 bits per heavy atom. The van der Waals surface area contributed by atoms with Crippen molar-refractivity contribution in [3.05, 3.63) is 35.4 Å². The summed E-state index contributed by atoms with van der Waals surface area (Å²) in [5.74, 6) is 0. The molecule has 1 aromatic rings. The van der Waals surface area contributed by atoms with Crippen molar-refractivity contribution in [2.24, 2.45) is 5.73 Å². The molecule has 62 valence electrons. The van der Waals surface area contributed by atoms with Crippen molar-refractivity contribution in [1.82, 2.24) is 0 Å². The van der Waals surface area contributed by atoms with Gasteiger partial charge in [-0.3, -0.25) is 0 Å². The van der Waals surface area contributed by atoms with Crippen LogP contribution in [0.3, 0.4) is 0 Å². The number of nitrogens with zero attached hydrogens (tertiary/aromatic N) is 1. The minimum absolute atomic E-state index is 0.485. The van der Waals surface area contributed by atoms with E-state index >= 15 is 0 Å². The van der Waals surface area contributed by atoms with Gasteiger partial charge in [-0.25, -0.2) is 0 Å². The fourth-order valence-electron chi connectivity index (χ4n) is 1.23. The Morgan fingerprint density at radius 2 is 2.17 bits per heavy atom. The van der Waals surface area contributed by atoms with Gasteiger partial charge in [0.15, 0.2) is 0 Å². The number of nitrogens with two attached hydrogens (primary N) is 1. The van der Waals surface area contributed by atoms with Gasteiger partial charge in [-0.15, -0.1) is 0 Å². The van der Waals surface area contributed by atoms with Crippen LogP contribution in [0.15, 0.2) is 24.3 Å². The molecule has 0 radical (unpaired) electrons. The molecule has 12 heavy (non-hydrogen) atoms. The predicted molar refractivity (Wildman–Crippen MR) is 48.4 cm³/mol. The predicted octanol–water partition coefficient (Wildman–Crippen LogP) is 1.77. The summed E-state index contributed by atoms with van der Waals surface area (Å²) in [5, 5.41) is 8.63. The maximum Gasteiger partial charge on any atom is 0.119 e. The van der Waals surface area contributed by atoms with Gasteiger partial charge in [0.1, 0.15) is 6.04 Å². The van der Waals surface area contributed by atoms with Crippen LogP contribution in [0.25, 0.3) is 0 Å². The summed E-state index contributed by atoms with van der Waals surface area (Å²) in [6.07, 6.45) is 0.922. The van der Waals surface area contributed by atoms with Crippen molar-refractivity contribution in [1.29, 1.82) is 5.26 Å². The smallest absolute Gasteiger partial charge is 0.119 e. The molecule has 0 bridgehead atoms. The van der Waals surface area contributed by atoms with Crippen molar-refractivity contribution < 1.29 is 0 Å². The quantitative estimate of drug-likeness (QED) is 0.716. The molecule has 0 saturated heterocycles. The van der Waals surface area contributed by atoms with E-state index in [0.29, 0.717) is 0 Å². The Labute approximate surface area is 72.6 Å². The van der Waals surface area contributed by atoms with E-state index < -0.39 is 6.04 Å². The first-order valence-electron chi connectivity index (χ1n) is 4.02. The maximum atomic E-state index is 8.63. The van der Waals surface area contributed by atoms with Crippen molar-refractivity contribution in [3.63, 3.8) is 0 Å². The molecule has 0 heterocycles. The first-order chi connectivity index (χ1) is 5.79. The second kappa shape index (κ2) is 3.89. The van der Waals surface area contributed by atoms with Crippen LogP contribution in [-0.4, -0.2) is 0 Å². The van der Waals surface area contributed by atoms with Crippen LogP contribution in [0.1, 0.15) is 24.1 Å². The third-order valence-corrected chi connectivity index (χ3v) is 1.91. The first kappa shape index (κ1) is 8.76. The monoisotopic (exact) mass is 160 g/mol. The molecule has 0 aliphatic heterocycles. The van der Waals surface area contributed by atoms with Crippen molar-refractivity contribution in [2.45, 2.75) is 19.4 Å². The van der Waals surface area contributed by atoms with E-state index in [0.717, 1.165) is 17.5 Å². The Balaban J connectivity index is 3.06. The van der Waals surface area contributed by atoms with E-state index in [-0.39, 0.29) is 0 Å². The zero-order valence-corrected chi connectivity index (χ0v) is 7.12. The van der Waals surface area contributed by atoms with Crippen LogP contribution < -0.4 is 5.73 Å². The molecule has 0 aromatic heterocycles. The van der Waals surface area contributed by atoms with Crippen LogP contribution in [0.2, 0.25) is 0 Å². The second-order valence-corrected chi connectivity index (χ2v) is 2.66. The largest absolute Gasteiger partial charge is 0.312 e. The summed E-state index contributed by atoms with van der Waals surface area (Å²) >= 11 is 0. The molecule has 0 spiro atoms. The molecule has 2 heteroatoms. The lowest BCUT2D eigenvalue weighted by Crippen LogP contribution is -2.09. The zero-order valence-electron chi connectivity index (χ0n) is 7.12. The molecule has 1 aromatic carbocycles. The molecule has 1 rings (SSSR count). The average molecular weight is 160 g/mol. The van der Waals surface area contributed by atoms with Crippen LogP contribution in [0.4, 0.5) is 0 Å². The Bertz CT molecular complexity index is 299. The van der Waals surface area contributed by atoms with E-state index in [1.54, 1.807) is 0 Å². The van der Waals surface area contributed by atoms with Gasteiger partial charge < -0.3 is 5.73 Å². The molecule has 1 unspecified atom stereocenters. The second-order valence-electron chi connectivity index (χ2n) is 2.66. The average Bonchev–Trinajstić information content (AvgIpc) is 2.16. The maximum absolute atomic E-state index is 8.63. The molecule has 0 amide bonds. The molecular weight excluding hydrogens is 148 g/mol. The van der Waals surface area contributed by atoms with Gasteiger partial charge in [0.25, 0.3) is 0 Å². The molecule has 0 aliphatic rings. The first-order valence-corrected chi connectivity index (χ1v) is 4.02. The minimum Gasteiger partial charge on any atom is -0.312 e. The summed E-state index contributed by atoms with van der Waals surface area (Å²) in [6, 6.07) is 9.34. The van der Waals surface area contributed by atoms with Crippen LogP contribution in [0, 0.1) is 11.3 Å². The number of hydrogen-bond acceptors (Lipinski definition) is 2. The van der Waals surface area contributed by atoms with E-state index in [1.807, 2.05) is 30.3 Å². The standard InChI is InChI=1S/C10H12N2/c1-2-8-5-3-4-6-9(8)10(12)7-11/h3-6,10H,2,12H2,1H3. The lowest BCUT2D eigenvalue weighted by molar-refractivity contribution is 0.897. The topological polar surface area (TPSA) is 49.8 Å². The molecule has 0 fully saturated rings. The lowest BCUT2D eigenvalue weighted by Gasteiger charge is -2.07. The summed E-state index contributed by atoms with van der Waals surface area (Å²) < 4.78 is 0. The molecule has 2 N–H and O–H groups in total. The van der Waals surface area contributed by atoms with E-state index in [2.05, 4.69) is 6.92 Å². The van der Waals surface area contributed by atoms with Crippen LogP contribution in [0.5, 0.6) is 0 Å². The van der Waals surface area contributed by atoms with Crippen LogP contribution >= 0.6 is 0 Å². The highest BCUT2D eigenvalue weighted by Crippen LogP contribution is 2.15. The number of hydrogen-bond donors (Lipinski definition) is 1. The van der Waals surface area contributed by atoms with Gasteiger partial charge in [-0.1, -0.05) is 31.2 Å². The zero-order chi connectivity index (χ0) is 8.97. The lowest BCUT2D eigenvalue weighted by atomic mass is 10.0. The Morgan fingerprint density at radius 3 is 2.75 bits per heavy atom. The van der Waals surface area contributed by atoms with Gasteiger partial charge in [0, 0.05) is 0 Å². The number of rotatable bonds is 2.